The molecule has 0 aromatic carbocycles. The smallest absolute Gasteiger partial charge is 0.177 e. The highest BCUT2D eigenvalue weighted by molar-refractivity contribution is 6.25. The van der Waals surface area contributed by atoms with E-state index in [2.05, 4.69) is 4.99 Å². The molecule has 0 spiro atoms. The van der Waals surface area contributed by atoms with E-state index in [4.69, 9.17) is 16.3 Å². The molecule has 2 nitrogen and oxygen atoms in total. The van der Waals surface area contributed by atoms with Gasteiger partial charge in [-0.2, -0.15) is 0 Å². The Kier molecular flexibility index (Phi) is 3.66. The van der Waals surface area contributed by atoms with Crippen LogP contribution in [0.5, 0.6) is 0 Å². The number of rotatable bonds is 0. The largest absolute Gasteiger partial charge is 0.447 e. The van der Waals surface area contributed by atoms with Gasteiger partial charge in [-0.3, -0.25) is 0 Å². The monoisotopic (exact) mass is 167 g/mol. The highest BCUT2D eigenvalue weighted by atomic mass is 35.5. The second-order valence-corrected chi connectivity index (χ2v) is 1.78. The molecule has 0 fully saturated rings. The van der Waals surface area contributed by atoms with Gasteiger partial charge in [0.05, 0.1) is 0 Å². The van der Waals surface area contributed by atoms with Gasteiger partial charge in [0.1, 0.15) is 11.8 Å². The maximum absolute atomic E-state index is 5.34. The second-order valence-electron chi connectivity index (χ2n) is 1.56. The Balaban J connectivity index is 0.000000640. The van der Waals surface area contributed by atoms with Crippen molar-refractivity contribution < 1.29 is 4.74 Å². The minimum absolute atomic E-state index is 0. The minimum Gasteiger partial charge on any atom is -0.447 e. The normalized spacial score (nSPS) is 27.8. The molecule has 0 aromatic rings. The first-order valence-corrected chi connectivity index (χ1v) is 2.77. The molecule has 52 valence electrons. The Bertz CT molecular complexity index is 144. The van der Waals surface area contributed by atoms with E-state index in [1.165, 1.54) is 11.9 Å². The predicted molar refractivity (Wildman–Crippen MR) is 40.2 cm³/mol. The molecule has 0 saturated heterocycles. The van der Waals surface area contributed by atoms with Crippen LogP contribution in [0.25, 0.3) is 0 Å². The molecule has 1 heterocycles. The molecule has 1 rings (SSSR count). The van der Waals surface area contributed by atoms with Crippen molar-refractivity contribution in [3.05, 3.63) is 11.3 Å². The van der Waals surface area contributed by atoms with E-state index in [0.717, 1.165) is 0 Å². The van der Waals surface area contributed by atoms with E-state index in [1.807, 2.05) is 6.92 Å². The molecular weight excluding hydrogens is 161 g/mol. The maximum atomic E-state index is 5.34. The molecule has 1 atom stereocenters. The van der Waals surface area contributed by atoms with Crippen LogP contribution < -0.4 is 0 Å². The van der Waals surface area contributed by atoms with Crippen molar-refractivity contribution in [2.75, 3.05) is 0 Å². The number of ether oxygens (including phenoxy) is 1. The van der Waals surface area contributed by atoms with Crippen molar-refractivity contribution in [3.63, 3.8) is 0 Å². The fourth-order valence-corrected chi connectivity index (χ4v) is 0.705. The summed E-state index contributed by atoms with van der Waals surface area (Å²) in [6.45, 7) is 1.91. The van der Waals surface area contributed by atoms with Crippen LogP contribution >= 0.6 is 24.0 Å². The van der Waals surface area contributed by atoms with Crippen LogP contribution in [0.1, 0.15) is 6.92 Å². The highest BCUT2D eigenvalue weighted by Gasteiger charge is 2.11. The molecule has 0 amide bonds. The fraction of sp³-hybridized carbons (Fsp3) is 0.400. The lowest BCUT2D eigenvalue weighted by molar-refractivity contribution is 0.436. The lowest BCUT2D eigenvalue weighted by Crippen LogP contribution is -1.95. The topological polar surface area (TPSA) is 21.6 Å². The molecule has 1 unspecified atom stereocenters. The molecule has 0 N–H and O–H groups in total. The Morgan fingerprint density at radius 2 is 2.56 bits per heavy atom. The summed E-state index contributed by atoms with van der Waals surface area (Å²) in [5.74, 6) is 0.715. The quantitative estimate of drug-likeness (QED) is 0.541. The first kappa shape index (κ1) is 8.79. The molecule has 0 aliphatic carbocycles. The number of hydrogen-bond donors (Lipinski definition) is 0. The average Bonchev–Trinajstić information content (AvgIpc) is 2.14. The van der Waals surface area contributed by atoms with Gasteiger partial charge in [0.25, 0.3) is 0 Å². The van der Waals surface area contributed by atoms with E-state index in [-0.39, 0.29) is 18.4 Å². The minimum atomic E-state index is 0. The third-order valence-electron chi connectivity index (χ3n) is 0.993. The van der Waals surface area contributed by atoms with Gasteiger partial charge in [-0.15, -0.1) is 12.4 Å². The predicted octanol–water partition coefficient (Wildman–Crippen LogP) is 1.94. The molecule has 9 heavy (non-hydrogen) atoms. The van der Waals surface area contributed by atoms with E-state index in [0.29, 0.717) is 5.76 Å². The summed E-state index contributed by atoms with van der Waals surface area (Å²) in [7, 11) is 0. The van der Waals surface area contributed by atoms with Gasteiger partial charge in [0, 0.05) is 5.54 Å². The fourth-order valence-electron chi connectivity index (χ4n) is 0.471. The Labute approximate surface area is 65.0 Å². The summed E-state index contributed by atoms with van der Waals surface area (Å²) >= 11 is 5.34. The van der Waals surface area contributed by atoms with Gasteiger partial charge in [-0.25, -0.2) is 4.99 Å². The molecule has 0 radical (unpaired) electrons. The third-order valence-corrected chi connectivity index (χ3v) is 1.21. The van der Waals surface area contributed by atoms with Crippen LogP contribution in [-0.2, 0) is 4.74 Å². The van der Waals surface area contributed by atoms with Gasteiger partial charge in [-0.1, -0.05) is 11.6 Å². The molecule has 4 heteroatoms. The standard InChI is InChI=1S/C5H6ClNO.ClH/c1-4-5(2-6)8-3-7-4;/h2-4H,1H3;1H. The SMILES string of the molecule is CC1N=COC1=CCl.Cl. The summed E-state index contributed by atoms with van der Waals surface area (Å²) in [4.78, 5) is 3.89. The van der Waals surface area contributed by atoms with E-state index < -0.39 is 0 Å². The maximum Gasteiger partial charge on any atom is 0.177 e. The van der Waals surface area contributed by atoms with E-state index >= 15 is 0 Å². The summed E-state index contributed by atoms with van der Waals surface area (Å²) in [5.41, 5.74) is 1.40. The van der Waals surface area contributed by atoms with Crippen molar-refractivity contribution >= 4 is 30.4 Å². The molecule has 0 saturated carbocycles. The van der Waals surface area contributed by atoms with Gasteiger partial charge in [-0.05, 0) is 6.92 Å². The van der Waals surface area contributed by atoms with Gasteiger partial charge in [0.2, 0.25) is 0 Å². The zero-order chi connectivity index (χ0) is 5.98. The first-order valence-electron chi connectivity index (χ1n) is 2.33. The van der Waals surface area contributed by atoms with Crippen LogP contribution in [0.2, 0.25) is 0 Å². The first-order chi connectivity index (χ1) is 3.84. The van der Waals surface area contributed by atoms with E-state index in [9.17, 15) is 0 Å². The molecule has 0 bridgehead atoms. The molecule has 1 aliphatic heterocycles. The lowest BCUT2D eigenvalue weighted by Gasteiger charge is -1.96. The van der Waals surface area contributed by atoms with Gasteiger partial charge < -0.3 is 4.74 Å². The van der Waals surface area contributed by atoms with Crippen molar-refractivity contribution in [1.29, 1.82) is 0 Å². The zero-order valence-electron chi connectivity index (χ0n) is 4.87. The number of hydrogen-bond acceptors (Lipinski definition) is 2. The number of aliphatic imine (C=N–C) groups is 1. The average molecular weight is 168 g/mol. The van der Waals surface area contributed by atoms with Crippen LogP contribution in [0.4, 0.5) is 0 Å². The molecular formula is C5H7Cl2NO. The molecule has 0 aromatic heterocycles. The summed E-state index contributed by atoms with van der Waals surface area (Å²) in [5, 5.41) is 0. The Morgan fingerprint density at radius 3 is 2.78 bits per heavy atom. The van der Waals surface area contributed by atoms with Crippen molar-refractivity contribution in [2.24, 2.45) is 4.99 Å². The third kappa shape index (κ3) is 1.88. The summed E-state index contributed by atoms with van der Waals surface area (Å²) in [6.07, 6.45) is 1.40. The van der Waals surface area contributed by atoms with Crippen LogP contribution in [-0.4, -0.2) is 12.4 Å². The molecule has 1 aliphatic rings. The van der Waals surface area contributed by atoms with Crippen LogP contribution in [0.3, 0.4) is 0 Å². The van der Waals surface area contributed by atoms with Gasteiger partial charge >= 0.3 is 0 Å². The van der Waals surface area contributed by atoms with Gasteiger partial charge in [0.15, 0.2) is 6.40 Å². The van der Waals surface area contributed by atoms with Crippen molar-refractivity contribution in [2.45, 2.75) is 13.0 Å². The lowest BCUT2D eigenvalue weighted by atomic mass is 10.3. The number of nitrogens with zero attached hydrogens (tertiary/aromatic N) is 1. The van der Waals surface area contributed by atoms with Crippen LogP contribution in [0.15, 0.2) is 16.3 Å². The zero-order valence-corrected chi connectivity index (χ0v) is 6.45. The Hall–Kier alpha value is -0.210. The second kappa shape index (κ2) is 3.75. The summed E-state index contributed by atoms with van der Waals surface area (Å²) < 4.78 is 4.85. The van der Waals surface area contributed by atoms with Crippen LogP contribution in [0, 0.1) is 0 Å². The summed E-state index contributed by atoms with van der Waals surface area (Å²) in [6, 6.07) is 0.104. The van der Waals surface area contributed by atoms with Crippen molar-refractivity contribution in [3.8, 4) is 0 Å². The Morgan fingerprint density at radius 1 is 1.89 bits per heavy atom. The van der Waals surface area contributed by atoms with E-state index in [1.54, 1.807) is 0 Å². The number of halogens is 2. The van der Waals surface area contributed by atoms with Crippen molar-refractivity contribution in [1.82, 2.24) is 0 Å². The highest BCUT2D eigenvalue weighted by Crippen LogP contribution is 2.12.